The molecular formula is C25H30N4O3S. The number of carbonyl (C=O) groups excluding carboxylic acids is 2. The number of piperazine rings is 1. The quantitative estimate of drug-likeness (QED) is 0.441. The van der Waals surface area contributed by atoms with E-state index in [2.05, 4.69) is 15.0 Å². The summed E-state index contributed by atoms with van der Waals surface area (Å²) in [7, 11) is 0. The van der Waals surface area contributed by atoms with Crippen LogP contribution in [0.2, 0.25) is 0 Å². The number of Topliss-reactive ketones (excluding diaryl/α,β-unsaturated/α-hetero) is 1. The van der Waals surface area contributed by atoms with Crippen molar-refractivity contribution in [1.82, 2.24) is 19.9 Å². The van der Waals surface area contributed by atoms with Crippen LogP contribution in [0.4, 0.5) is 0 Å². The number of ketones is 1. The third-order valence-electron chi connectivity index (χ3n) is 6.06. The summed E-state index contributed by atoms with van der Waals surface area (Å²) in [5.74, 6) is 1.44. The zero-order valence-electron chi connectivity index (χ0n) is 19.2. The number of nitrogens with zero attached hydrogens (tertiary/aromatic N) is 4. The van der Waals surface area contributed by atoms with Crippen molar-refractivity contribution in [2.45, 2.75) is 39.5 Å². The van der Waals surface area contributed by atoms with Gasteiger partial charge in [0.1, 0.15) is 0 Å². The van der Waals surface area contributed by atoms with Crippen molar-refractivity contribution >= 4 is 23.0 Å². The van der Waals surface area contributed by atoms with E-state index in [4.69, 9.17) is 4.52 Å². The lowest BCUT2D eigenvalue weighted by Gasteiger charge is -2.34. The van der Waals surface area contributed by atoms with Gasteiger partial charge in [-0.15, -0.1) is 11.3 Å². The Morgan fingerprint density at radius 3 is 2.67 bits per heavy atom. The summed E-state index contributed by atoms with van der Waals surface area (Å²) >= 11 is 1.60. The maximum atomic E-state index is 12.6. The molecule has 1 fully saturated rings. The van der Waals surface area contributed by atoms with Gasteiger partial charge in [-0.2, -0.15) is 4.98 Å². The van der Waals surface area contributed by atoms with Crippen LogP contribution in [-0.4, -0.2) is 64.4 Å². The van der Waals surface area contributed by atoms with Gasteiger partial charge in [0.05, 0.1) is 4.88 Å². The number of carbonyl (C=O) groups is 2. The second kappa shape index (κ2) is 10.9. The zero-order chi connectivity index (χ0) is 23.2. The largest absolute Gasteiger partial charge is 0.340 e. The van der Waals surface area contributed by atoms with Crippen LogP contribution in [0.1, 0.15) is 46.6 Å². The number of hydrogen-bond acceptors (Lipinski definition) is 7. The van der Waals surface area contributed by atoms with Crippen molar-refractivity contribution in [3.63, 3.8) is 0 Å². The number of thiophene rings is 1. The van der Waals surface area contributed by atoms with Gasteiger partial charge in [-0.05, 0) is 49.9 Å². The first-order valence-corrected chi connectivity index (χ1v) is 12.3. The van der Waals surface area contributed by atoms with Gasteiger partial charge in [-0.1, -0.05) is 28.9 Å². The fraction of sp³-hybridized carbons (Fsp3) is 0.440. The highest BCUT2D eigenvalue weighted by Gasteiger charge is 2.22. The number of aryl methyl sites for hydroxylation is 3. The van der Waals surface area contributed by atoms with Crippen LogP contribution in [0.25, 0.3) is 10.7 Å². The number of rotatable bonds is 9. The molecule has 0 aliphatic carbocycles. The Hall–Kier alpha value is -2.84. The minimum Gasteiger partial charge on any atom is -0.340 e. The smallest absolute Gasteiger partial charge is 0.227 e. The molecule has 174 valence electrons. The third-order valence-corrected chi connectivity index (χ3v) is 6.92. The molecule has 7 nitrogen and oxygen atoms in total. The van der Waals surface area contributed by atoms with E-state index in [9.17, 15) is 9.59 Å². The minimum absolute atomic E-state index is 0.0476. The highest BCUT2D eigenvalue weighted by molar-refractivity contribution is 7.13. The molecule has 1 aromatic carbocycles. The maximum absolute atomic E-state index is 12.6. The predicted octanol–water partition coefficient (Wildman–Crippen LogP) is 4.15. The summed E-state index contributed by atoms with van der Waals surface area (Å²) in [6, 6.07) is 9.84. The predicted molar refractivity (Wildman–Crippen MR) is 128 cm³/mol. The molecule has 0 spiro atoms. The number of hydrogen-bond donors (Lipinski definition) is 0. The van der Waals surface area contributed by atoms with Crippen LogP contribution in [-0.2, 0) is 11.2 Å². The molecule has 1 amide bonds. The summed E-state index contributed by atoms with van der Waals surface area (Å²) < 4.78 is 5.36. The molecule has 8 heteroatoms. The van der Waals surface area contributed by atoms with Crippen LogP contribution in [0.15, 0.2) is 40.2 Å². The van der Waals surface area contributed by atoms with Crippen molar-refractivity contribution in [2.75, 3.05) is 32.7 Å². The van der Waals surface area contributed by atoms with Crippen molar-refractivity contribution in [3.8, 4) is 10.7 Å². The molecule has 3 aromatic rings. The van der Waals surface area contributed by atoms with Crippen molar-refractivity contribution in [1.29, 1.82) is 0 Å². The van der Waals surface area contributed by atoms with Gasteiger partial charge in [-0.3, -0.25) is 14.5 Å². The molecule has 0 N–H and O–H groups in total. The Balaban J connectivity index is 1.15. The van der Waals surface area contributed by atoms with Crippen LogP contribution in [0.3, 0.4) is 0 Å². The van der Waals surface area contributed by atoms with Gasteiger partial charge >= 0.3 is 0 Å². The molecule has 4 rings (SSSR count). The molecule has 0 radical (unpaired) electrons. The summed E-state index contributed by atoms with van der Waals surface area (Å²) in [6.07, 6.45) is 2.22. The van der Waals surface area contributed by atoms with E-state index in [1.165, 1.54) is 0 Å². The highest BCUT2D eigenvalue weighted by Crippen LogP contribution is 2.21. The summed E-state index contributed by atoms with van der Waals surface area (Å²) in [5, 5.41) is 6.05. The molecule has 2 aromatic heterocycles. The molecule has 33 heavy (non-hydrogen) atoms. The number of amides is 1. The topological polar surface area (TPSA) is 79.5 Å². The average Bonchev–Trinajstić information content (AvgIpc) is 3.51. The first-order valence-electron chi connectivity index (χ1n) is 11.5. The Morgan fingerprint density at radius 1 is 1.09 bits per heavy atom. The fourth-order valence-electron chi connectivity index (χ4n) is 4.09. The summed E-state index contributed by atoms with van der Waals surface area (Å²) in [6.45, 7) is 7.96. The molecular weight excluding hydrogens is 436 g/mol. The van der Waals surface area contributed by atoms with Gasteiger partial charge in [0.25, 0.3) is 0 Å². The van der Waals surface area contributed by atoms with E-state index < -0.39 is 0 Å². The van der Waals surface area contributed by atoms with E-state index in [1.54, 1.807) is 11.3 Å². The van der Waals surface area contributed by atoms with Crippen molar-refractivity contribution in [3.05, 3.63) is 58.3 Å². The average molecular weight is 467 g/mol. The highest BCUT2D eigenvalue weighted by atomic mass is 32.1. The van der Waals surface area contributed by atoms with Gasteiger partial charge in [0.2, 0.25) is 17.6 Å². The second-order valence-electron chi connectivity index (χ2n) is 8.56. The van der Waals surface area contributed by atoms with E-state index in [-0.39, 0.29) is 24.5 Å². The van der Waals surface area contributed by atoms with Crippen molar-refractivity contribution < 1.29 is 14.1 Å². The zero-order valence-corrected chi connectivity index (χ0v) is 20.1. The van der Waals surface area contributed by atoms with Gasteiger partial charge in [0, 0.05) is 51.0 Å². The molecule has 1 saturated heterocycles. The van der Waals surface area contributed by atoms with E-state index in [1.807, 2.05) is 54.5 Å². The first-order chi connectivity index (χ1) is 16.0. The number of benzene rings is 1. The molecule has 0 bridgehead atoms. The molecule has 1 aliphatic heterocycles. The second-order valence-corrected chi connectivity index (χ2v) is 9.50. The van der Waals surface area contributed by atoms with E-state index in [0.717, 1.165) is 54.0 Å². The Labute approximate surface area is 198 Å². The minimum atomic E-state index is 0.0476. The van der Waals surface area contributed by atoms with E-state index >= 15 is 0 Å². The van der Waals surface area contributed by atoms with Gasteiger partial charge in [-0.25, -0.2) is 0 Å². The Bertz CT molecular complexity index is 1090. The van der Waals surface area contributed by atoms with Crippen LogP contribution < -0.4 is 0 Å². The van der Waals surface area contributed by atoms with Gasteiger partial charge < -0.3 is 9.42 Å². The summed E-state index contributed by atoms with van der Waals surface area (Å²) in [4.78, 5) is 34.9. The molecule has 3 heterocycles. The Morgan fingerprint density at radius 2 is 1.91 bits per heavy atom. The lowest BCUT2D eigenvalue weighted by atomic mass is 9.99. The van der Waals surface area contributed by atoms with Gasteiger partial charge in [0.15, 0.2) is 5.78 Å². The first kappa shape index (κ1) is 23.3. The lowest BCUT2D eigenvalue weighted by molar-refractivity contribution is -0.132. The maximum Gasteiger partial charge on any atom is 0.227 e. The lowest BCUT2D eigenvalue weighted by Crippen LogP contribution is -2.48. The standard InChI is InChI=1S/C25H30N4O3S/c1-18-7-8-19(2)20(17-18)21(30)9-10-24(31)29-14-12-28(13-15-29)11-3-6-23-26-25(27-32-23)22-5-4-16-33-22/h4-5,7-8,16-17H,3,6,9-15H2,1-2H3. The van der Waals surface area contributed by atoms with E-state index in [0.29, 0.717) is 24.8 Å². The van der Waals surface area contributed by atoms with Crippen LogP contribution in [0.5, 0.6) is 0 Å². The summed E-state index contributed by atoms with van der Waals surface area (Å²) in [5.41, 5.74) is 2.76. The monoisotopic (exact) mass is 466 g/mol. The number of aromatic nitrogens is 2. The third kappa shape index (κ3) is 6.15. The Kier molecular flexibility index (Phi) is 7.67. The SMILES string of the molecule is Cc1ccc(C)c(C(=O)CCC(=O)N2CCN(CCCc3nc(-c4cccs4)no3)CC2)c1. The molecule has 0 atom stereocenters. The van der Waals surface area contributed by atoms with Crippen LogP contribution in [0, 0.1) is 13.8 Å². The molecule has 0 unspecified atom stereocenters. The fourth-order valence-corrected chi connectivity index (χ4v) is 4.74. The normalized spacial score (nSPS) is 14.5. The van der Waals surface area contributed by atoms with Crippen molar-refractivity contribution in [2.24, 2.45) is 0 Å². The molecule has 1 aliphatic rings. The van der Waals surface area contributed by atoms with Crippen LogP contribution >= 0.6 is 11.3 Å². The molecule has 0 saturated carbocycles.